The van der Waals surface area contributed by atoms with Gasteiger partial charge in [0.25, 0.3) is 5.89 Å². The summed E-state index contributed by atoms with van der Waals surface area (Å²) in [4.78, 5) is 19.4. The number of rotatable bonds is 11. The quantitative estimate of drug-likeness (QED) is 0.176. The van der Waals surface area contributed by atoms with Crippen molar-refractivity contribution < 1.29 is 18.8 Å². The van der Waals surface area contributed by atoms with Crippen molar-refractivity contribution in [3.8, 4) is 22.8 Å². The highest BCUT2D eigenvalue weighted by atomic mass is 35.5. The normalized spacial score (nSPS) is 15.5. The number of carboxylic acid groups (broad SMARTS) is 1. The van der Waals surface area contributed by atoms with Gasteiger partial charge in [-0.3, -0.25) is 9.69 Å². The third kappa shape index (κ3) is 7.98. The third-order valence-electron chi connectivity index (χ3n) is 8.57. The molecule has 5 rings (SSSR count). The number of benzene rings is 3. The van der Waals surface area contributed by atoms with Crippen molar-refractivity contribution in [2.75, 3.05) is 13.1 Å². The van der Waals surface area contributed by atoms with Crippen molar-refractivity contribution >= 4 is 17.6 Å². The Bertz CT molecular complexity index is 1650. The molecule has 9 heteroatoms. The Hall–Kier alpha value is -3.59. The molecule has 0 bridgehead atoms. The first-order chi connectivity index (χ1) is 21.3. The van der Waals surface area contributed by atoms with Crippen LogP contribution in [0.1, 0.15) is 62.8 Å². The molecule has 1 aliphatic rings. The second-order valence-electron chi connectivity index (χ2n) is 13.6. The summed E-state index contributed by atoms with van der Waals surface area (Å²) in [5.41, 5.74) is 10.3. The average molecular weight is 633 g/mol. The molecule has 1 saturated heterocycles. The van der Waals surface area contributed by atoms with Gasteiger partial charge in [-0.2, -0.15) is 4.98 Å². The molecule has 45 heavy (non-hydrogen) atoms. The van der Waals surface area contributed by atoms with E-state index >= 15 is 0 Å². The van der Waals surface area contributed by atoms with Crippen molar-refractivity contribution in [3.05, 3.63) is 93.8 Å². The molecule has 7 nitrogen and oxygen atoms in total. The van der Waals surface area contributed by atoms with Crippen LogP contribution in [0.5, 0.6) is 0 Å². The van der Waals surface area contributed by atoms with E-state index in [0.717, 1.165) is 34.2 Å². The number of nitrogens with zero attached hydrogens (tertiary/aromatic N) is 3. The minimum Gasteiger partial charge on any atom is -0.481 e. The molecular formula is C36H42ClFN4O3. The number of hydrogen-bond donors (Lipinski definition) is 2. The number of carbonyl (C=O) groups is 1. The van der Waals surface area contributed by atoms with Crippen LogP contribution in [-0.4, -0.2) is 44.7 Å². The molecule has 1 aromatic heterocycles. The number of piperidine rings is 1. The van der Waals surface area contributed by atoms with E-state index in [2.05, 4.69) is 30.0 Å². The van der Waals surface area contributed by atoms with E-state index in [1.165, 1.54) is 6.07 Å². The van der Waals surface area contributed by atoms with Gasteiger partial charge in [0, 0.05) is 28.2 Å². The molecule has 3 aromatic carbocycles. The molecule has 2 heterocycles. The summed E-state index contributed by atoms with van der Waals surface area (Å²) in [7, 11) is 0. The predicted octanol–water partition coefficient (Wildman–Crippen LogP) is 7.58. The molecule has 0 unspecified atom stereocenters. The first-order valence-electron chi connectivity index (χ1n) is 15.5. The van der Waals surface area contributed by atoms with Gasteiger partial charge < -0.3 is 15.4 Å². The SMILES string of the molecule is CC(C)Cc1ccc(-c2nc(-c3ccc(CN4CCC(Cc5ccccc5F)(C(=O)O)CC4)cc3CC(C)(C)N)no2)cc1Cl. The van der Waals surface area contributed by atoms with Gasteiger partial charge in [-0.05, 0) is 105 Å². The van der Waals surface area contributed by atoms with E-state index in [9.17, 15) is 14.3 Å². The molecule has 1 aliphatic heterocycles. The number of aliphatic carboxylic acids is 1. The standard InChI is InChI=1S/C36H42ClFN4O3/c1-23(2)17-25-10-11-26(19-30(25)37)33-40-32(41-45-33)29-12-9-24(18-28(29)20-35(3,4)39)22-42-15-13-36(14-16-42,34(43)44)21-27-7-5-6-8-31(27)38/h5-12,18-19,23H,13-17,20-22,39H2,1-4H3,(H,43,44). The Morgan fingerprint density at radius 1 is 1.09 bits per heavy atom. The fraction of sp³-hybridized carbons (Fsp3) is 0.417. The van der Waals surface area contributed by atoms with Crippen LogP contribution in [0, 0.1) is 17.2 Å². The molecule has 4 aromatic rings. The van der Waals surface area contributed by atoms with Gasteiger partial charge in [-0.1, -0.05) is 73.1 Å². The number of aromatic nitrogens is 2. The highest BCUT2D eigenvalue weighted by Gasteiger charge is 2.42. The number of nitrogens with two attached hydrogens (primary N) is 1. The lowest BCUT2D eigenvalue weighted by Crippen LogP contribution is -2.45. The summed E-state index contributed by atoms with van der Waals surface area (Å²) in [5.74, 6) is 0.157. The molecule has 0 radical (unpaired) electrons. The second-order valence-corrected chi connectivity index (χ2v) is 14.0. The molecule has 1 fully saturated rings. The minimum absolute atomic E-state index is 0.189. The van der Waals surface area contributed by atoms with E-state index in [4.69, 9.17) is 26.8 Å². The highest BCUT2D eigenvalue weighted by molar-refractivity contribution is 6.31. The minimum atomic E-state index is -0.980. The van der Waals surface area contributed by atoms with E-state index in [0.29, 0.717) is 67.1 Å². The van der Waals surface area contributed by atoms with Crippen molar-refractivity contribution in [1.29, 1.82) is 0 Å². The van der Waals surface area contributed by atoms with Crippen molar-refractivity contribution in [2.45, 2.75) is 71.9 Å². The lowest BCUT2D eigenvalue weighted by Gasteiger charge is -2.39. The van der Waals surface area contributed by atoms with Crippen LogP contribution in [0.2, 0.25) is 5.02 Å². The van der Waals surface area contributed by atoms with E-state index < -0.39 is 16.9 Å². The molecule has 0 amide bonds. The first kappa shape index (κ1) is 32.8. The van der Waals surface area contributed by atoms with Gasteiger partial charge in [-0.25, -0.2) is 4.39 Å². The van der Waals surface area contributed by atoms with E-state index in [-0.39, 0.29) is 12.2 Å². The molecule has 0 saturated carbocycles. The molecular weight excluding hydrogens is 591 g/mol. The maximum atomic E-state index is 14.4. The van der Waals surface area contributed by atoms with Crippen LogP contribution in [0.25, 0.3) is 22.8 Å². The number of likely N-dealkylation sites (tertiary alicyclic amines) is 1. The summed E-state index contributed by atoms with van der Waals surface area (Å²) < 4.78 is 20.1. The van der Waals surface area contributed by atoms with Crippen LogP contribution in [-0.2, 0) is 30.6 Å². The first-order valence-corrected chi connectivity index (χ1v) is 15.9. The Kier molecular flexibility index (Phi) is 9.77. The highest BCUT2D eigenvalue weighted by Crippen LogP contribution is 2.37. The zero-order valence-electron chi connectivity index (χ0n) is 26.4. The lowest BCUT2D eigenvalue weighted by molar-refractivity contribution is -0.152. The van der Waals surface area contributed by atoms with Crippen molar-refractivity contribution in [1.82, 2.24) is 15.0 Å². The zero-order valence-corrected chi connectivity index (χ0v) is 27.2. The smallest absolute Gasteiger partial charge is 0.310 e. The maximum absolute atomic E-state index is 14.4. The van der Waals surface area contributed by atoms with Crippen molar-refractivity contribution in [3.63, 3.8) is 0 Å². The maximum Gasteiger partial charge on any atom is 0.310 e. The van der Waals surface area contributed by atoms with Crippen LogP contribution < -0.4 is 5.73 Å². The van der Waals surface area contributed by atoms with Gasteiger partial charge in [-0.15, -0.1) is 0 Å². The molecule has 0 aliphatic carbocycles. The number of hydrogen-bond acceptors (Lipinski definition) is 6. The summed E-state index contributed by atoms with van der Waals surface area (Å²) in [6.07, 6.45) is 2.58. The Morgan fingerprint density at radius 3 is 2.47 bits per heavy atom. The summed E-state index contributed by atoms with van der Waals surface area (Å²) in [6.45, 7) is 10.2. The Labute approximate surface area is 269 Å². The van der Waals surface area contributed by atoms with E-state index in [1.807, 2.05) is 44.2 Å². The van der Waals surface area contributed by atoms with Gasteiger partial charge in [0.05, 0.1) is 5.41 Å². The second kappa shape index (κ2) is 13.4. The molecule has 3 N–H and O–H groups in total. The Balaban J connectivity index is 1.33. The van der Waals surface area contributed by atoms with Gasteiger partial charge >= 0.3 is 5.97 Å². The monoisotopic (exact) mass is 632 g/mol. The van der Waals surface area contributed by atoms with Crippen molar-refractivity contribution in [2.24, 2.45) is 17.1 Å². The van der Waals surface area contributed by atoms with E-state index in [1.54, 1.807) is 18.2 Å². The van der Waals surface area contributed by atoms with Crippen LogP contribution in [0.4, 0.5) is 4.39 Å². The molecule has 238 valence electrons. The van der Waals surface area contributed by atoms with Gasteiger partial charge in [0.2, 0.25) is 5.82 Å². The van der Waals surface area contributed by atoms with Gasteiger partial charge in [0.1, 0.15) is 5.82 Å². The third-order valence-corrected chi connectivity index (χ3v) is 8.92. The molecule has 0 spiro atoms. The van der Waals surface area contributed by atoms with Crippen LogP contribution in [0.15, 0.2) is 65.2 Å². The van der Waals surface area contributed by atoms with Crippen LogP contribution >= 0.6 is 11.6 Å². The van der Waals surface area contributed by atoms with Gasteiger partial charge in [0.15, 0.2) is 0 Å². The zero-order chi connectivity index (χ0) is 32.4. The topological polar surface area (TPSA) is 105 Å². The summed E-state index contributed by atoms with van der Waals surface area (Å²) in [6, 6.07) is 18.5. The van der Waals surface area contributed by atoms with Crippen LogP contribution in [0.3, 0.4) is 0 Å². The largest absolute Gasteiger partial charge is 0.481 e. The lowest BCUT2D eigenvalue weighted by atomic mass is 9.73. The number of halogens is 2. The molecule has 0 atom stereocenters. The number of carboxylic acids is 1. The average Bonchev–Trinajstić information content (AvgIpc) is 3.45. The summed E-state index contributed by atoms with van der Waals surface area (Å²) in [5, 5.41) is 15.1. The fourth-order valence-electron chi connectivity index (χ4n) is 6.21. The predicted molar refractivity (Wildman–Crippen MR) is 175 cm³/mol. The Morgan fingerprint density at radius 2 is 1.82 bits per heavy atom. The fourth-order valence-corrected chi connectivity index (χ4v) is 6.46. The summed E-state index contributed by atoms with van der Waals surface area (Å²) >= 11 is 6.56.